The molecule has 0 unspecified atom stereocenters. The Balaban J connectivity index is 2.05. The smallest absolute Gasteiger partial charge is 0.329 e. The molecule has 2 aliphatic rings. The van der Waals surface area contributed by atoms with Crippen LogP contribution in [0.1, 0.15) is 56.2 Å². The van der Waals surface area contributed by atoms with Gasteiger partial charge in [0.1, 0.15) is 5.82 Å². The van der Waals surface area contributed by atoms with E-state index in [2.05, 4.69) is 24.1 Å². The summed E-state index contributed by atoms with van der Waals surface area (Å²) in [6.07, 6.45) is 1.14. The van der Waals surface area contributed by atoms with Crippen molar-refractivity contribution in [2.75, 3.05) is 5.32 Å². The van der Waals surface area contributed by atoms with Crippen molar-refractivity contribution in [2.24, 2.45) is 5.41 Å². The Hall–Kier alpha value is -2.89. The van der Waals surface area contributed by atoms with Crippen LogP contribution in [-0.4, -0.2) is 15.3 Å². The number of nitrogens with zero attached hydrogens (tertiary/aromatic N) is 1. The van der Waals surface area contributed by atoms with E-state index in [1.165, 1.54) is 4.57 Å². The lowest BCUT2D eigenvalue weighted by Crippen LogP contribution is -2.41. The zero-order valence-electron chi connectivity index (χ0n) is 16.7. The molecule has 1 atom stereocenters. The van der Waals surface area contributed by atoms with Gasteiger partial charge in [-0.25, -0.2) is 4.79 Å². The first-order valence-corrected chi connectivity index (χ1v) is 9.68. The number of benzene rings is 1. The first-order chi connectivity index (χ1) is 13.2. The number of aryl methyl sites for hydroxylation is 1. The lowest BCUT2D eigenvalue weighted by Gasteiger charge is -2.39. The number of hydrogen-bond donors (Lipinski definition) is 2. The molecule has 1 aliphatic carbocycles. The lowest BCUT2D eigenvalue weighted by atomic mass is 9.69. The molecule has 0 radical (unpaired) electrons. The lowest BCUT2D eigenvalue weighted by molar-refractivity contribution is -0.118. The fraction of sp³-hybridized carbons (Fsp3) is 0.409. The molecule has 0 spiro atoms. The molecular formula is C22H25N3O3. The van der Waals surface area contributed by atoms with Gasteiger partial charge in [-0.3, -0.25) is 19.1 Å². The zero-order valence-corrected chi connectivity index (χ0v) is 16.7. The minimum absolute atomic E-state index is 0.0589. The maximum Gasteiger partial charge on any atom is 0.329 e. The van der Waals surface area contributed by atoms with Gasteiger partial charge in [-0.2, -0.15) is 0 Å². The van der Waals surface area contributed by atoms with Gasteiger partial charge >= 0.3 is 5.69 Å². The normalized spacial score (nSPS) is 20.4. The van der Waals surface area contributed by atoms with Gasteiger partial charge in [0.05, 0.1) is 5.56 Å². The quantitative estimate of drug-likeness (QED) is 0.840. The van der Waals surface area contributed by atoms with Gasteiger partial charge in [0.15, 0.2) is 5.78 Å². The maximum atomic E-state index is 13.2. The van der Waals surface area contributed by atoms with E-state index in [1.54, 1.807) is 0 Å². The van der Waals surface area contributed by atoms with Crippen molar-refractivity contribution in [1.82, 2.24) is 9.55 Å². The van der Waals surface area contributed by atoms with E-state index < -0.39 is 17.2 Å². The van der Waals surface area contributed by atoms with E-state index in [9.17, 15) is 14.4 Å². The molecule has 2 heterocycles. The van der Waals surface area contributed by atoms with Crippen molar-refractivity contribution in [3.8, 4) is 0 Å². The second kappa shape index (κ2) is 6.33. The van der Waals surface area contributed by atoms with E-state index in [4.69, 9.17) is 0 Å². The first kappa shape index (κ1) is 18.5. The van der Waals surface area contributed by atoms with Gasteiger partial charge in [-0.15, -0.1) is 0 Å². The molecule has 1 aliphatic heterocycles. The summed E-state index contributed by atoms with van der Waals surface area (Å²) in [7, 11) is 0. The number of Topliss-reactive ketones (excluding diaryl/α,β-unsaturated/α-hetero) is 1. The van der Waals surface area contributed by atoms with Crippen molar-refractivity contribution in [2.45, 2.75) is 53.0 Å². The number of rotatable bonds is 2. The number of fused-ring (bicyclic) bond motifs is 1. The summed E-state index contributed by atoms with van der Waals surface area (Å²) in [6, 6.07) is 7.90. The third-order valence-corrected chi connectivity index (χ3v) is 5.73. The van der Waals surface area contributed by atoms with Gasteiger partial charge in [0.25, 0.3) is 5.56 Å². The average Bonchev–Trinajstić information content (AvgIpc) is 2.60. The second-order valence-electron chi connectivity index (χ2n) is 8.57. The van der Waals surface area contributed by atoms with Crippen LogP contribution in [0.15, 0.2) is 45.1 Å². The van der Waals surface area contributed by atoms with Crippen molar-refractivity contribution in [1.29, 1.82) is 0 Å². The summed E-state index contributed by atoms with van der Waals surface area (Å²) in [5, 5.41) is 3.30. The van der Waals surface area contributed by atoms with Crippen molar-refractivity contribution >= 4 is 11.6 Å². The van der Waals surface area contributed by atoms with Crippen LogP contribution < -0.4 is 16.6 Å². The van der Waals surface area contributed by atoms with E-state index >= 15 is 0 Å². The number of anilines is 1. The molecule has 0 saturated heterocycles. The van der Waals surface area contributed by atoms with Gasteiger partial charge < -0.3 is 5.32 Å². The summed E-state index contributed by atoms with van der Waals surface area (Å²) >= 11 is 0. The van der Waals surface area contributed by atoms with Crippen LogP contribution in [-0.2, 0) is 11.3 Å². The van der Waals surface area contributed by atoms with Gasteiger partial charge in [0, 0.05) is 30.2 Å². The summed E-state index contributed by atoms with van der Waals surface area (Å²) in [4.78, 5) is 40.8. The van der Waals surface area contributed by atoms with Gasteiger partial charge in [-0.05, 0) is 31.2 Å². The minimum Gasteiger partial charge on any atom is -0.344 e. The van der Waals surface area contributed by atoms with Crippen molar-refractivity contribution in [3.05, 3.63) is 73.1 Å². The topological polar surface area (TPSA) is 84.0 Å². The Morgan fingerprint density at radius 1 is 1.11 bits per heavy atom. The minimum atomic E-state index is -0.474. The molecule has 6 heteroatoms. The molecule has 4 rings (SSSR count). The van der Waals surface area contributed by atoms with E-state index in [-0.39, 0.29) is 11.2 Å². The van der Waals surface area contributed by atoms with E-state index in [0.717, 1.165) is 16.8 Å². The Kier molecular flexibility index (Phi) is 4.17. The van der Waals surface area contributed by atoms with Crippen LogP contribution in [0.3, 0.4) is 0 Å². The van der Waals surface area contributed by atoms with Crippen LogP contribution in [0.2, 0.25) is 0 Å². The number of aromatic nitrogens is 2. The summed E-state index contributed by atoms with van der Waals surface area (Å²) in [6.45, 7) is 8.42. The predicted molar refractivity (Wildman–Crippen MR) is 109 cm³/mol. The molecule has 6 nitrogen and oxygen atoms in total. The fourth-order valence-corrected chi connectivity index (χ4v) is 4.45. The SMILES string of the molecule is CCn1c2c(c(=O)[nH]c1=O)[C@H](c1ccc(C)cc1)C1=C(CC(C)(C)CC1=O)N2. The molecule has 1 aromatic carbocycles. The number of carbonyl (C=O) groups is 1. The monoisotopic (exact) mass is 379 g/mol. The number of ketones is 1. The third-order valence-electron chi connectivity index (χ3n) is 5.73. The summed E-state index contributed by atoms with van der Waals surface area (Å²) in [5.41, 5.74) is 2.87. The Bertz CT molecular complexity index is 1120. The highest BCUT2D eigenvalue weighted by Gasteiger charge is 2.42. The first-order valence-electron chi connectivity index (χ1n) is 9.68. The predicted octanol–water partition coefficient (Wildman–Crippen LogP) is 3.07. The van der Waals surface area contributed by atoms with E-state index in [1.807, 2.05) is 38.1 Å². The molecule has 28 heavy (non-hydrogen) atoms. The maximum absolute atomic E-state index is 13.2. The standard InChI is InChI=1S/C22H25N3O3/c1-5-25-19-18(20(27)24-21(25)28)16(13-8-6-12(2)7-9-13)17-14(23-19)10-22(3,4)11-15(17)26/h6-9,16,23H,5,10-11H2,1-4H3,(H,24,27,28)/t16-/m1/s1. The Labute approximate surface area is 163 Å². The van der Waals surface area contributed by atoms with Crippen LogP contribution in [0.5, 0.6) is 0 Å². The second-order valence-corrected chi connectivity index (χ2v) is 8.57. The highest BCUT2D eigenvalue weighted by atomic mass is 16.2. The molecule has 2 N–H and O–H groups in total. The number of hydrogen-bond acceptors (Lipinski definition) is 4. The molecule has 0 bridgehead atoms. The van der Waals surface area contributed by atoms with Gasteiger partial charge in [0.2, 0.25) is 0 Å². The number of carbonyl (C=O) groups excluding carboxylic acids is 1. The molecule has 0 amide bonds. The average molecular weight is 379 g/mol. The van der Waals surface area contributed by atoms with Crippen LogP contribution in [0.25, 0.3) is 0 Å². The highest BCUT2D eigenvalue weighted by Crippen LogP contribution is 2.47. The summed E-state index contributed by atoms with van der Waals surface area (Å²) in [5.74, 6) is 0.0901. The number of nitrogens with one attached hydrogen (secondary N) is 2. The zero-order chi connectivity index (χ0) is 20.2. The number of H-pyrrole nitrogens is 1. The molecule has 1 aromatic heterocycles. The van der Waals surface area contributed by atoms with Gasteiger partial charge in [-0.1, -0.05) is 43.7 Å². The molecule has 2 aromatic rings. The highest BCUT2D eigenvalue weighted by molar-refractivity contribution is 6.01. The molecule has 0 saturated carbocycles. The fourth-order valence-electron chi connectivity index (χ4n) is 4.45. The largest absolute Gasteiger partial charge is 0.344 e. The van der Waals surface area contributed by atoms with Crippen molar-refractivity contribution < 1.29 is 4.79 Å². The third kappa shape index (κ3) is 2.84. The van der Waals surface area contributed by atoms with E-state index in [0.29, 0.717) is 36.3 Å². The van der Waals surface area contributed by atoms with Crippen LogP contribution >= 0.6 is 0 Å². The molecule has 0 fully saturated rings. The molecular weight excluding hydrogens is 354 g/mol. The summed E-state index contributed by atoms with van der Waals surface area (Å²) < 4.78 is 1.54. The van der Waals surface area contributed by atoms with Crippen molar-refractivity contribution in [3.63, 3.8) is 0 Å². The molecule has 146 valence electrons. The number of allylic oxidation sites excluding steroid dienone is 2. The van der Waals surface area contributed by atoms with Crippen LogP contribution in [0.4, 0.5) is 5.82 Å². The van der Waals surface area contributed by atoms with Crippen LogP contribution in [0, 0.1) is 12.3 Å². The number of aromatic amines is 1. The Morgan fingerprint density at radius 2 is 1.79 bits per heavy atom. The Morgan fingerprint density at radius 3 is 2.43 bits per heavy atom.